The zero-order valence-corrected chi connectivity index (χ0v) is 14.2. The molecule has 1 aromatic carbocycles. The van der Waals surface area contributed by atoms with E-state index in [2.05, 4.69) is 23.6 Å². The fourth-order valence-electron chi connectivity index (χ4n) is 4.26. The minimum absolute atomic E-state index is 0.132. The van der Waals surface area contributed by atoms with Crippen molar-refractivity contribution in [3.8, 4) is 5.75 Å². The van der Waals surface area contributed by atoms with Gasteiger partial charge in [0.15, 0.2) is 0 Å². The molecule has 0 aromatic heterocycles. The Labute approximate surface area is 139 Å². The zero-order chi connectivity index (χ0) is 16.3. The van der Waals surface area contributed by atoms with Crippen LogP contribution >= 0.6 is 0 Å². The van der Waals surface area contributed by atoms with Crippen molar-refractivity contribution >= 4 is 5.91 Å². The molecule has 0 bridgehead atoms. The average molecular weight is 316 g/mol. The molecule has 0 radical (unpaired) electrons. The van der Waals surface area contributed by atoms with Gasteiger partial charge >= 0.3 is 0 Å². The number of nitrogens with one attached hydrogen (secondary N) is 2. The molecular weight excluding hydrogens is 288 g/mol. The Morgan fingerprint density at radius 3 is 3.17 bits per heavy atom. The van der Waals surface area contributed by atoms with E-state index in [1.165, 1.54) is 24.8 Å². The van der Waals surface area contributed by atoms with Gasteiger partial charge in [-0.05, 0) is 56.3 Å². The Kier molecular flexibility index (Phi) is 4.90. The number of benzene rings is 1. The van der Waals surface area contributed by atoms with Crippen molar-refractivity contribution in [1.29, 1.82) is 0 Å². The standard InChI is InChI=1S/C19H28N2O2/c1-14(10-15-6-5-8-17(11-15)23-2)21-18(22)19-9-4-3-7-16(19)12-20-13-19/h5-6,8,11,14,16,20H,3-4,7,9-10,12-13H2,1-2H3,(H,21,22)/t14?,16-,19+/m0/s1. The van der Waals surface area contributed by atoms with Gasteiger partial charge in [0.2, 0.25) is 5.91 Å². The summed E-state index contributed by atoms with van der Waals surface area (Å²) in [5, 5.41) is 6.72. The van der Waals surface area contributed by atoms with Gasteiger partial charge in [-0.25, -0.2) is 0 Å². The Morgan fingerprint density at radius 1 is 1.48 bits per heavy atom. The number of rotatable bonds is 5. The van der Waals surface area contributed by atoms with Crippen LogP contribution in [0.15, 0.2) is 24.3 Å². The first-order chi connectivity index (χ1) is 11.1. The second-order valence-corrected chi connectivity index (χ2v) is 7.16. The molecule has 1 saturated carbocycles. The van der Waals surface area contributed by atoms with E-state index in [-0.39, 0.29) is 17.4 Å². The van der Waals surface area contributed by atoms with Crippen LogP contribution in [0.2, 0.25) is 0 Å². The largest absolute Gasteiger partial charge is 0.497 e. The summed E-state index contributed by atoms with van der Waals surface area (Å²) in [5.74, 6) is 1.63. The normalized spacial score (nSPS) is 28.0. The smallest absolute Gasteiger partial charge is 0.228 e. The minimum atomic E-state index is -0.166. The number of carbonyl (C=O) groups excluding carboxylic acids is 1. The summed E-state index contributed by atoms with van der Waals surface area (Å²) in [6.07, 6.45) is 5.49. The molecule has 1 unspecified atom stereocenters. The minimum Gasteiger partial charge on any atom is -0.497 e. The van der Waals surface area contributed by atoms with Crippen molar-refractivity contribution in [2.24, 2.45) is 11.3 Å². The first-order valence-corrected chi connectivity index (χ1v) is 8.79. The third-order valence-electron chi connectivity index (χ3n) is 5.54. The summed E-state index contributed by atoms with van der Waals surface area (Å²) < 4.78 is 5.27. The number of ether oxygens (including phenoxy) is 1. The van der Waals surface area contributed by atoms with Crippen molar-refractivity contribution in [3.05, 3.63) is 29.8 Å². The van der Waals surface area contributed by atoms with Crippen LogP contribution < -0.4 is 15.4 Å². The van der Waals surface area contributed by atoms with E-state index in [1.807, 2.05) is 18.2 Å². The van der Waals surface area contributed by atoms with Gasteiger partial charge in [-0.3, -0.25) is 4.79 Å². The highest BCUT2D eigenvalue weighted by Crippen LogP contribution is 2.44. The second kappa shape index (κ2) is 6.91. The SMILES string of the molecule is COc1cccc(CC(C)NC(=O)[C@@]23CCCC[C@H]2CNC3)c1. The Balaban J connectivity index is 1.62. The summed E-state index contributed by atoms with van der Waals surface area (Å²) in [7, 11) is 1.68. The summed E-state index contributed by atoms with van der Waals surface area (Å²) in [6.45, 7) is 3.93. The second-order valence-electron chi connectivity index (χ2n) is 7.16. The van der Waals surface area contributed by atoms with E-state index in [1.54, 1.807) is 7.11 Å². The fraction of sp³-hybridized carbons (Fsp3) is 0.632. The molecule has 3 rings (SSSR count). The number of hydrogen-bond donors (Lipinski definition) is 2. The monoisotopic (exact) mass is 316 g/mol. The molecule has 1 aliphatic carbocycles. The molecule has 3 atom stereocenters. The summed E-state index contributed by atoms with van der Waals surface area (Å²) in [6, 6.07) is 8.21. The predicted octanol–water partition coefficient (Wildman–Crippen LogP) is 2.52. The van der Waals surface area contributed by atoms with Crippen LogP contribution in [0.4, 0.5) is 0 Å². The number of methoxy groups -OCH3 is 1. The molecule has 1 saturated heterocycles. The van der Waals surface area contributed by atoms with Crippen molar-refractivity contribution in [2.45, 2.75) is 45.1 Å². The van der Waals surface area contributed by atoms with Gasteiger partial charge in [0.1, 0.15) is 5.75 Å². The molecular formula is C19H28N2O2. The summed E-state index contributed by atoms with van der Waals surface area (Å²) in [5.41, 5.74) is 1.03. The van der Waals surface area contributed by atoms with Crippen LogP contribution in [0.1, 0.15) is 38.2 Å². The lowest BCUT2D eigenvalue weighted by molar-refractivity contribution is -0.134. The molecule has 0 spiro atoms. The molecule has 2 N–H and O–H groups in total. The fourth-order valence-corrected chi connectivity index (χ4v) is 4.26. The maximum Gasteiger partial charge on any atom is 0.228 e. The van der Waals surface area contributed by atoms with E-state index in [0.29, 0.717) is 5.92 Å². The molecule has 4 nitrogen and oxygen atoms in total. The highest BCUT2D eigenvalue weighted by Gasteiger charge is 2.49. The van der Waals surface area contributed by atoms with Crippen LogP contribution in [0.5, 0.6) is 5.75 Å². The molecule has 1 aromatic rings. The molecule has 1 amide bonds. The summed E-state index contributed by atoms with van der Waals surface area (Å²) >= 11 is 0. The van der Waals surface area contributed by atoms with Gasteiger partial charge in [0.25, 0.3) is 0 Å². The predicted molar refractivity (Wildman–Crippen MR) is 91.6 cm³/mol. The van der Waals surface area contributed by atoms with E-state index in [4.69, 9.17) is 4.74 Å². The quantitative estimate of drug-likeness (QED) is 0.877. The molecule has 2 fully saturated rings. The molecule has 1 heterocycles. The van der Waals surface area contributed by atoms with Crippen LogP contribution in [0.3, 0.4) is 0 Å². The number of carbonyl (C=O) groups is 1. The van der Waals surface area contributed by atoms with Gasteiger partial charge in [-0.2, -0.15) is 0 Å². The first-order valence-electron chi connectivity index (χ1n) is 8.79. The van der Waals surface area contributed by atoms with E-state index in [9.17, 15) is 4.79 Å². The van der Waals surface area contributed by atoms with Crippen LogP contribution in [0.25, 0.3) is 0 Å². The maximum absolute atomic E-state index is 12.9. The van der Waals surface area contributed by atoms with Gasteiger partial charge in [-0.1, -0.05) is 25.0 Å². The van der Waals surface area contributed by atoms with Crippen molar-refractivity contribution < 1.29 is 9.53 Å². The first kappa shape index (κ1) is 16.3. The average Bonchev–Trinajstić information content (AvgIpc) is 3.00. The Morgan fingerprint density at radius 2 is 2.35 bits per heavy atom. The van der Waals surface area contributed by atoms with Crippen LogP contribution in [-0.2, 0) is 11.2 Å². The number of fused-ring (bicyclic) bond motifs is 1. The van der Waals surface area contributed by atoms with Crippen LogP contribution in [0, 0.1) is 11.3 Å². The summed E-state index contributed by atoms with van der Waals surface area (Å²) in [4.78, 5) is 12.9. The van der Waals surface area contributed by atoms with E-state index >= 15 is 0 Å². The molecule has 126 valence electrons. The van der Waals surface area contributed by atoms with Gasteiger partial charge in [0.05, 0.1) is 12.5 Å². The molecule has 4 heteroatoms. The van der Waals surface area contributed by atoms with Crippen molar-refractivity contribution in [2.75, 3.05) is 20.2 Å². The number of hydrogen-bond acceptors (Lipinski definition) is 3. The van der Waals surface area contributed by atoms with Gasteiger partial charge in [0, 0.05) is 12.6 Å². The molecule has 23 heavy (non-hydrogen) atoms. The highest BCUT2D eigenvalue weighted by atomic mass is 16.5. The Hall–Kier alpha value is -1.55. The topological polar surface area (TPSA) is 50.4 Å². The van der Waals surface area contributed by atoms with E-state index in [0.717, 1.165) is 31.7 Å². The number of amides is 1. The molecule has 2 aliphatic rings. The van der Waals surface area contributed by atoms with Crippen molar-refractivity contribution in [1.82, 2.24) is 10.6 Å². The maximum atomic E-state index is 12.9. The highest BCUT2D eigenvalue weighted by molar-refractivity contribution is 5.84. The third-order valence-corrected chi connectivity index (χ3v) is 5.54. The van der Waals surface area contributed by atoms with E-state index < -0.39 is 0 Å². The lowest BCUT2D eigenvalue weighted by Crippen LogP contribution is -2.50. The lowest BCUT2D eigenvalue weighted by atomic mass is 9.67. The van der Waals surface area contributed by atoms with Crippen molar-refractivity contribution in [3.63, 3.8) is 0 Å². The van der Waals surface area contributed by atoms with Gasteiger partial charge < -0.3 is 15.4 Å². The zero-order valence-electron chi connectivity index (χ0n) is 14.2. The third kappa shape index (κ3) is 3.37. The Bertz CT molecular complexity index is 560. The van der Waals surface area contributed by atoms with Crippen LogP contribution in [-0.4, -0.2) is 32.1 Å². The lowest BCUT2D eigenvalue weighted by Gasteiger charge is -2.38. The molecule has 1 aliphatic heterocycles. The van der Waals surface area contributed by atoms with Gasteiger partial charge in [-0.15, -0.1) is 0 Å².